The Labute approximate surface area is 176 Å². The Hall–Kier alpha value is -2.67. The Morgan fingerprint density at radius 2 is 1.76 bits per heavy atom. The predicted molar refractivity (Wildman–Crippen MR) is 118 cm³/mol. The van der Waals surface area contributed by atoms with Crippen LogP contribution < -0.4 is 10.1 Å². The molecule has 0 radical (unpaired) electrons. The second kappa shape index (κ2) is 12.7. The van der Waals surface area contributed by atoms with Crippen LogP contribution in [0.5, 0.6) is 5.75 Å². The van der Waals surface area contributed by atoms with Gasteiger partial charge in [-0.3, -0.25) is 5.32 Å². The molecule has 0 saturated heterocycles. The number of ether oxygens (including phenoxy) is 2. The molecule has 6 nitrogen and oxygen atoms in total. The number of benzene rings is 2. The first kappa shape index (κ1) is 22.6. The molecule has 29 heavy (non-hydrogen) atoms. The smallest absolute Gasteiger partial charge is 0.418 e. The van der Waals surface area contributed by atoms with Crippen LogP contribution in [0, 0.1) is 0 Å². The fourth-order valence-electron chi connectivity index (χ4n) is 2.39. The van der Waals surface area contributed by atoms with Gasteiger partial charge in [0.15, 0.2) is 0 Å². The highest BCUT2D eigenvalue weighted by Crippen LogP contribution is 2.21. The van der Waals surface area contributed by atoms with Gasteiger partial charge in [-0.2, -0.15) is 0 Å². The van der Waals surface area contributed by atoms with Gasteiger partial charge in [-0.15, -0.1) is 11.8 Å². The molecule has 0 saturated carbocycles. The third kappa shape index (κ3) is 8.48. The van der Waals surface area contributed by atoms with Crippen molar-refractivity contribution in [3.05, 3.63) is 54.1 Å². The van der Waals surface area contributed by atoms with Crippen LogP contribution >= 0.6 is 11.8 Å². The second-order valence-electron chi connectivity index (χ2n) is 6.22. The highest BCUT2D eigenvalue weighted by molar-refractivity contribution is 7.99. The van der Waals surface area contributed by atoms with Crippen molar-refractivity contribution < 1.29 is 19.1 Å². The first-order chi connectivity index (χ1) is 14.1. The van der Waals surface area contributed by atoms with Gasteiger partial charge in [-0.05, 0) is 60.6 Å². The molecule has 0 aromatic heterocycles. The average molecular weight is 417 g/mol. The zero-order chi connectivity index (χ0) is 20.9. The standard InChI is InChI=1S/C22H28N2O4S/c1-4-14-27-19-10-6-17(7-11-19)16-21(24-26-3)28-22(25)23-18-8-12-20(13-9-18)29-15-5-2/h6-13H,4-5,14-16H2,1-3H3,(H,23,25). The van der Waals surface area contributed by atoms with Gasteiger partial charge in [0.05, 0.1) is 13.0 Å². The van der Waals surface area contributed by atoms with E-state index < -0.39 is 6.09 Å². The van der Waals surface area contributed by atoms with Crippen molar-refractivity contribution in [2.45, 2.75) is 38.0 Å². The summed E-state index contributed by atoms with van der Waals surface area (Å²) in [6.45, 7) is 4.88. The van der Waals surface area contributed by atoms with E-state index >= 15 is 0 Å². The van der Waals surface area contributed by atoms with Gasteiger partial charge in [0.25, 0.3) is 0 Å². The van der Waals surface area contributed by atoms with E-state index in [1.807, 2.05) is 48.5 Å². The summed E-state index contributed by atoms with van der Waals surface area (Å²) in [7, 11) is 1.41. The SMILES string of the molecule is CCCOc1ccc(CC(=NOC)OC(=O)Nc2ccc(SCCC)cc2)cc1. The highest BCUT2D eigenvalue weighted by Gasteiger charge is 2.11. The maximum Gasteiger partial charge on any atom is 0.418 e. The number of rotatable bonds is 10. The molecule has 0 fully saturated rings. The molecular weight excluding hydrogens is 388 g/mol. The second-order valence-corrected chi connectivity index (χ2v) is 7.39. The Morgan fingerprint density at radius 1 is 1.03 bits per heavy atom. The van der Waals surface area contributed by atoms with Crippen LogP contribution in [0.25, 0.3) is 0 Å². The number of hydrogen-bond acceptors (Lipinski definition) is 6. The van der Waals surface area contributed by atoms with Crippen molar-refractivity contribution in [1.82, 2.24) is 0 Å². The molecule has 2 aromatic carbocycles. The lowest BCUT2D eigenvalue weighted by atomic mass is 10.1. The maximum absolute atomic E-state index is 12.2. The maximum atomic E-state index is 12.2. The molecule has 2 rings (SSSR count). The zero-order valence-corrected chi connectivity index (χ0v) is 18.0. The minimum Gasteiger partial charge on any atom is -0.494 e. The summed E-state index contributed by atoms with van der Waals surface area (Å²) in [5, 5.41) is 6.53. The molecule has 0 aliphatic heterocycles. The summed E-state index contributed by atoms with van der Waals surface area (Å²) < 4.78 is 10.9. The number of oxime groups is 1. The molecule has 0 aliphatic carbocycles. The lowest BCUT2D eigenvalue weighted by Gasteiger charge is -2.10. The van der Waals surface area contributed by atoms with E-state index in [4.69, 9.17) is 14.3 Å². The van der Waals surface area contributed by atoms with E-state index in [9.17, 15) is 4.79 Å². The number of nitrogens with zero attached hydrogens (tertiary/aromatic N) is 1. The Kier molecular flexibility index (Phi) is 9.92. The highest BCUT2D eigenvalue weighted by atomic mass is 32.2. The van der Waals surface area contributed by atoms with Crippen molar-refractivity contribution in [3.8, 4) is 5.75 Å². The summed E-state index contributed by atoms with van der Waals surface area (Å²) in [5.74, 6) is 2.04. The van der Waals surface area contributed by atoms with E-state index in [0.29, 0.717) is 18.7 Å². The molecule has 0 bridgehead atoms. The van der Waals surface area contributed by atoms with Gasteiger partial charge >= 0.3 is 6.09 Å². The van der Waals surface area contributed by atoms with Crippen LogP contribution in [0.1, 0.15) is 32.3 Å². The van der Waals surface area contributed by atoms with E-state index in [0.717, 1.165) is 29.9 Å². The number of carbonyl (C=O) groups excluding carboxylic acids is 1. The van der Waals surface area contributed by atoms with Gasteiger partial charge in [0.2, 0.25) is 5.90 Å². The first-order valence-corrected chi connectivity index (χ1v) is 10.7. The van der Waals surface area contributed by atoms with Gasteiger partial charge in [-0.1, -0.05) is 31.1 Å². The molecule has 1 amide bonds. The summed E-state index contributed by atoms with van der Waals surface area (Å²) in [5.41, 5.74) is 1.58. The van der Waals surface area contributed by atoms with Crippen LogP contribution in [0.3, 0.4) is 0 Å². The number of nitrogens with one attached hydrogen (secondary N) is 1. The summed E-state index contributed by atoms with van der Waals surface area (Å²) in [6, 6.07) is 15.2. The topological polar surface area (TPSA) is 69.1 Å². The van der Waals surface area contributed by atoms with Crippen LogP contribution in [-0.4, -0.2) is 31.5 Å². The monoisotopic (exact) mass is 416 g/mol. The number of carbonyl (C=O) groups is 1. The minimum absolute atomic E-state index is 0.169. The zero-order valence-electron chi connectivity index (χ0n) is 17.1. The fourth-order valence-corrected chi connectivity index (χ4v) is 3.16. The number of hydrogen-bond donors (Lipinski definition) is 1. The third-order valence-electron chi connectivity index (χ3n) is 3.73. The van der Waals surface area contributed by atoms with Gasteiger partial charge in [0.1, 0.15) is 12.9 Å². The van der Waals surface area contributed by atoms with Crippen LogP contribution in [0.2, 0.25) is 0 Å². The van der Waals surface area contributed by atoms with Crippen molar-refractivity contribution in [1.29, 1.82) is 0 Å². The van der Waals surface area contributed by atoms with Crippen molar-refractivity contribution >= 4 is 29.4 Å². The fraction of sp³-hybridized carbons (Fsp3) is 0.364. The normalized spacial score (nSPS) is 11.1. The predicted octanol–water partition coefficient (Wildman–Crippen LogP) is 5.73. The van der Waals surface area contributed by atoms with E-state index in [1.165, 1.54) is 12.0 Å². The Morgan fingerprint density at radius 3 is 2.38 bits per heavy atom. The molecular formula is C22H28N2O4S. The van der Waals surface area contributed by atoms with Gasteiger partial charge in [0, 0.05) is 10.6 Å². The molecule has 156 valence electrons. The summed E-state index contributed by atoms with van der Waals surface area (Å²) in [6.07, 6.45) is 1.78. The molecule has 1 N–H and O–H groups in total. The summed E-state index contributed by atoms with van der Waals surface area (Å²) in [4.78, 5) is 18.2. The molecule has 7 heteroatoms. The average Bonchev–Trinajstić information content (AvgIpc) is 2.73. The summed E-state index contributed by atoms with van der Waals surface area (Å²) >= 11 is 1.78. The largest absolute Gasteiger partial charge is 0.494 e. The van der Waals surface area contributed by atoms with E-state index in [2.05, 4.69) is 24.3 Å². The van der Waals surface area contributed by atoms with E-state index in [-0.39, 0.29) is 5.90 Å². The lowest BCUT2D eigenvalue weighted by molar-refractivity contribution is 0.186. The third-order valence-corrected chi connectivity index (χ3v) is 4.95. The van der Waals surface area contributed by atoms with Crippen LogP contribution in [0.15, 0.2) is 58.6 Å². The Bertz CT molecular complexity index is 776. The number of amides is 1. The van der Waals surface area contributed by atoms with Crippen LogP contribution in [-0.2, 0) is 16.0 Å². The van der Waals surface area contributed by atoms with Gasteiger partial charge < -0.3 is 14.3 Å². The quantitative estimate of drug-likeness (QED) is 0.232. The number of anilines is 1. The molecule has 0 atom stereocenters. The van der Waals surface area contributed by atoms with Crippen LogP contribution in [0.4, 0.5) is 10.5 Å². The Balaban J connectivity index is 1.90. The lowest BCUT2D eigenvalue weighted by Crippen LogP contribution is -2.20. The molecule has 0 spiro atoms. The van der Waals surface area contributed by atoms with Crippen molar-refractivity contribution in [3.63, 3.8) is 0 Å². The van der Waals surface area contributed by atoms with E-state index in [1.54, 1.807) is 11.8 Å². The molecule has 2 aromatic rings. The first-order valence-electron chi connectivity index (χ1n) is 9.68. The number of thioether (sulfide) groups is 1. The minimum atomic E-state index is -0.613. The van der Waals surface area contributed by atoms with Gasteiger partial charge in [-0.25, -0.2) is 4.79 Å². The van der Waals surface area contributed by atoms with Crippen molar-refractivity contribution in [2.75, 3.05) is 24.8 Å². The molecule has 0 aliphatic rings. The molecule has 0 unspecified atom stereocenters. The van der Waals surface area contributed by atoms with Crippen molar-refractivity contribution in [2.24, 2.45) is 5.16 Å². The molecule has 0 heterocycles.